The summed E-state index contributed by atoms with van der Waals surface area (Å²) in [6.45, 7) is 2.37. The maximum Gasteiger partial charge on any atom is 0.377 e. The predicted molar refractivity (Wildman–Crippen MR) is 66.0 cm³/mol. The molecule has 4 nitrogen and oxygen atoms in total. The van der Waals surface area contributed by atoms with Crippen molar-refractivity contribution in [3.8, 4) is 5.75 Å². The number of aryl methyl sites for hydroxylation is 1. The summed E-state index contributed by atoms with van der Waals surface area (Å²) < 4.78 is 5.58. The first-order chi connectivity index (χ1) is 8.58. The highest BCUT2D eigenvalue weighted by Gasteiger charge is 2.22. The molecule has 18 heavy (non-hydrogen) atoms. The molecular weight excluding hydrogens is 232 g/mol. The average molecular weight is 248 g/mol. The summed E-state index contributed by atoms with van der Waals surface area (Å²) >= 11 is 0. The van der Waals surface area contributed by atoms with Crippen LogP contribution in [0.5, 0.6) is 5.75 Å². The van der Waals surface area contributed by atoms with Crippen molar-refractivity contribution in [2.75, 3.05) is 6.61 Å². The lowest BCUT2D eigenvalue weighted by molar-refractivity contribution is -0.131. The van der Waals surface area contributed by atoms with Gasteiger partial charge < -0.3 is 9.84 Å². The number of carbonyl (C=O) groups excluding carboxylic acids is 1. The molecule has 0 bridgehead atoms. The largest absolute Gasteiger partial charge is 0.493 e. The van der Waals surface area contributed by atoms with Crippen molar-refractivity contribution < 1.29 is 19.4 Å². The number of hydrogen-bond donors (Lipinski definition) is 1. The number of carboxylic acids is 1. The number of ketones is 1. The lowest BCUT2D eigenvalue weighted by Crippen LogP contribution is -2.21. The number of rotatable bonds is 5. The van der Waals surface area contributed by atoms with E-state index in [0.29, 0.717) is 18.3 Å². The normalized spacial score (nSPS) is 14.9. The van der Waals surface area contributed by atoms with Crippen LogP contribution in [0.1, 0.15) is 35.2 Å². The fourth-order valence-corrected chi connectivity index (χ4v) is 1.93. The van der Waals surface area contributed by atoms with Crippen LogP contribution >= 0.6 is 0 Å². The summed E-state index contributed by atoms with van der Waals surface area (Å²) in [5, 5.41) is 8.78. The minimum atomic E-state index is -1.45. The Bertz CT molecular complexity index is 475. The Morgan fingerprint density at radius 1 is 1.39 bits per heavy atom. The van der Waals surface area contributed by atoms with Gasteiger partial charge in [-0.3, -0.25) is 4.79 Å². The molecule has 96 valence electrons. The van der Waals surface area contributed by atoms with E-state index < -0.39 is 11.8 Å². The van der Waals surface area contributed by atoms with Crippen LogP contribution in [0.4, 0.5) is 0 Å². The van der Waals surface area contributed by atoms with E-state index in [9.17, 15) is 9.59 Å². The van der Waals surface area contributed by atoms with Gasteiger partial charge in [0.05, 0.1) is 12.2 Å². The van der Waals surface area contributed by atoms with Crippen molar-refractivity contribution >= 4 is 11.8 Å². The van der Waals surface area contributed by atoms with Crippen molar-refractivity contribution in [3.63, 3.8) is 0 Å². The lowest BCUT2D eigenvalue weighted by atomic mass is 9.86. The zero-order valence-electron chi connectivity index (χ0n) is 10.3. The molecule has 2 rings (SSSR count). The average Bonchev–Trinajstić information content (AvgIpc) is 2.27. The molecule has 4 heteroatoms. The van der Waals surface area contributed by atoms with Crippen LogP contribution in [0.15, 0.2) is 18.2 Å². The van der Waals surface area contributed by atoms with Gasteiger partial charge in [0, 0.05) is 0 Å². The molecule has 0 amide bonds. The third-order valence-electron chi connectivity index (χ3n) is 3.27. The molecule has 1 aromatic carbocycles. The molecule has 0 aliphatic heterocycles. The number of benzene rings is 1. The molecule has 1 N–H and O–H groups in total. The summed E-state index contributed by atoms with van der Waals surface area (Å²) in [6.07, 6.45) is 3.52. The highest BCUT2D eigenvalue weighted by Crippen LogP contribution is 2.28. The molecule has 0 unspecified atom stereocenters. The van der Waals surface area contributed by atoms with E-state index in [1.807, 2.05) is 13.0 Å². The Balaban J connectivity index is 2.16. The van der Waals surface area contributed by atoms with Gasteiger partial charge in [-0.1, -0.05) is 18.1 Å². The molecule has 1 fully saturated rings. The minimum Gasteiger partial charge on any atom is -0.493 e. The number of aliphatic carboxylic acids is 1. The van der Waals surface area contributed by atoms with E-state index in [4.69, 9.17) is 9.84 Å². The van der Waals surface area contributed by atoms with E-state index >= 15 is 0 Å². The second-order valence-electron chi connectivity index (χ2n) is 4.74. The summed E-state index contributed by atoms with van der Waals surface area (Å²) in [5.74, 6) is -1.45. The smallest absolute Gasteiger partial charge is 0.377 e. The second-order valence-corrected chi connectivity index (χ2v) is 4.74. The van der Waals surface area contributed by atoms with Crippen molar-refractivity contribution in [3.05, 3.63) is 29.3 Å². The second kappa shape index (κ2) is 5.21. The first-order valence-electron chi connectivity index (χ1n) is 6.09. The van der Waals surface area contributed by atoms with Gasteiger partial charge in [0.15, 0.2) is 0 Å². The SMILES string of the molecule is Cc1ccc(OCC2CCC2)c(C(=O)C(=O)O)c1. The number of Topliss-reactive ketones (excluding diaryl/α,β-unsaturated/α-hetero) is 1. The molecule has 1 aliphatic carbocycles. The third kappa shape index (κ3) is 2.70. The molecule has 0 saturated heterocycles. The Hall–Kier alpha value is -1.84. The minimum absolute atomic E-state index is 0.141. The van der Waals surface area contributed by atoms with E-state index in [2.05, 4.69) is 0 Å². The summed E-state index contributed by atoms with van der Waals surface area (Å²) in [5.41, 5.74) is 0.984. The highest BCUT2D eigenvalue weighted by molar-refractivity contribution is 6.40. The summed E-state index contributed by atoms with van der Waals surface area (Å²) in [6, 6.07) is 5.05. The monoisotopic (exact) mass is 248 g/mol. The van der Waals surface area contributed by atoms with Crippen molar-refractivity contribution in [1.82, 2.24) is 0 Å². The van der Waals surface area contributed by atoms with E-state index in [1.165, 1.54) is 6.42 Å². The molecule has 0 radical (unpaired) electrons. The number of ether oxygens (including phenoxy) is 1. The van der Waals surface area contributed by atoms with E-state index in [-0.39, 0.29) is 5.56 Å². The first-order valence-corrected chi connectivity index (χ1v) is 6.09. The standard InChI is InChI=1S/C14H16O4/c1-9-5-6-12(18-8-10-3-2-4-10)11(7-9)13(15)14(16)17/h5-7,10H,2-4,8H2,1H3,(H,16,17). The molecule has 0 spiro atoms. The van der Waals surface area contributed by atoms with Gasteiger partial charge in [0.1, 0.15) is 5.75 Å². The van der Waals surface area contributed by atoms with Crippen LogP contribution in [0, 0.1) is 12.8 Å². The van der Waals surface area contributed by atoms with Crippen molar-refractivity contribution in [2.45, 2.75) is 26.2 Å². The molecule has 1 saturated carbocycles. The Morgan fingerprint density at radius 3 is 2.67 bits per heavy atom. The van der Waals surface area contributed by atoms with Gasteiger partial charge in [0.25, 0.3) is 5.78 Å². The molecular formula is C14H16O4. The van der Waals surface area contributed by atoms with Gasteiger partial charge in [-0.25, -0.2) is 4.79 Å². The lowest BCUT2D eigenvalue weighted by Gasteiger charge is -2.25. The number of hydrogen-bond acceptors (Lipinski definition) is 3. The van der Waals surface area contributed by atoms with E-state index in [0.717, 1.165) is 18.4 Å². The summed E-state index contributed by atoms with van der Waals surface area (Å²) in [4.78, 5) is 22.3. The Labute approximate surface area is 106 Å². The Morgan fingerprint density at radius 2 is 2.11 bits per heavy atom. The maximum atomic E-state index is 11.6. The summed E-state index contributed by atoms with van der Waals surface area (Å²) in [7, 11) is 0. The fraction of sp³-hybridized carbons (Fsp3) is 0.429. The zero-order valence-corrected chi connectivity index (χ0v) is 10.3. The molecule has 0 atom stereocenters. The topological polar surface area (TPSA) is 63.6 Å². The van der Waals surface area contributed by atoms with Crippen LogP contribution in [-0.2, 0) is 4.79 Å². The first kappa shape index (κ1) is 12.6. The molecule has 0 aromatic heterocycles. The van der Waals surface area contributed by atoms with E-state index in [1.54, 1.807) is 12.1 Å². The highest BCUT2D eigenvalue weighted by atomic mass is 16.5. The van der Waals surface area contributed by atoms with Gasteiger partial charge >= 0.3 is 5.97 Å². The molecule has 1 aliphatic rings. The molecule has 1 aromatic rings. The van der Waals surface area contributed by atoms with Crippen LogP contribution in [0.25, 0.3) is 0 Å². The van der Waals surface area contributed by atoms with Gasteiger partial charge in [-0.05, 0) is 37.8 Å². The van der Waals surface area contributed by atoms with Crippen LogP contribution < -0.4 is 4.74 Å². The van der Waals surface area contributed by atoms with Crippen LogP contribution in [0.3, 0.4) is 0 Å². The van der Waals surface area contributed by atoms with Crippen molar-refractivity contribution in [2.24, 2.45) is 5.92 Å². The van der Waals surface area contributed by atoms with Crippen molar-refractivity contribution in [1.29, 1.82) is 0 Å². The maximum absolute atomic E-state index is 11.6. The van der Waals surface area contributed by atoms with Gasteiger partial charge in [-0.15, -0.1) is 0 Å². The third-order valence-corrected chi connectivity index (χ3v) is 3.27. The Kier molecular flexibility index (Phi) is 3.65. The number of carboxylic acid groups (broad SMARTS) is 1. The number of carbonyl (C=O) groups is 2. The van der Waals surface area contributed by atoms with Crippen LogP contribution in [-0.4, -0.2) is 23.5 Å². The van der Waals surface area contributed by atoms with Gasteiger partial charge in [-0.2, -0.15) is 0 Å². The van der Waals surface area contributed by atoms with Gasteiger partial charge in [0.2, 0.25) is 0 Å². The fourth-order valence-electron chi connectivity index (χ4n) is 1.93. The zero-order chi connectivity index (χ0) is 13.1. The predicted octanol–water partition coefficient (Wildman–Crippen LogP) is 2.44. The molecule has 0 heterocycles. The quantitative estimate of drug-likeness (QED) is 0.642. The van der Waals surface area contributed by atoms with Crippen LogP contribution in [0.2, 0.25) is 0 Å².